The molecule has 2 aliphatic heterocycles. The topological polar surface area (TPSA) is 31.7 Å². The number of benzene rings is 2. The van der Waals surface area contributed by atoms with E-state index in [1.54, 1.807) is 0 Å². The van der Waals surface area contributed by atoms with Crippen LogP contribution in [0.2, 0.25) is 5.02 Å². The SMILES string of the molecule is CN1CCN(C(=O)N2CCCCC2Cc2cc3ccccc3n2Cc2ccc(Cl)cc2)CC1. The molecule has 33 heavy (non-hydrogen) atoms. The zero-order valence-corrected chi connectivity index (χ0v) is 20.2. The van der Waals surface area contributed by atoms with Gasteiger partial charge in [0.05, 0.1) is 0 Å². The number of urea groups is 1. The monoisotopic (exact) mass is 464 g/mol. The fraction of sp³-hybridized carbons (Fsp3) is 0.444. The van der Waals surface area contributed by atoms with E-state index in [0.717, 1.165) is 63.6 Å². The summed E-state index contributed by atoms with van der Waals surface area (Å²) in [6, 6.07) is 19.5. The summed E-state index contributed by atoms with van der Waals surface area (Å²) in [5, 5.41) is 2.02. The molecule has 0 spiro atoms. The Hall–Kier alpha value is -2.50. The van der Waals surface area contributed by atoms with E-state index in [-0.39, 0.29) is 12.1 Å². The molecule has 6 heteroatoms. The minimum absolute atomic E-state index is 0.230. The number of amides is 2. The molecule has 2 amide bonds. The average Bonchev–Trinajstić information content (AvgIpc) is 3.18. The Balaban J connectivity index is 1.41. The second-order valence-electron chi connectivity index (χ2n) is 9.53. The molecule has 5 nitrogen and oxygen atoms in total. The molecule has 0 saturated carbocycles. The van der Waals surface area contributed by atoms with Crippen molar-refractivity contribution in [1.29, 1.82) is 0 Å². The molecule has 3 heterocycles. The van der Waals surface area contributed by atoms with E-state index in [0.29, 0.717) is 0 Å². The van der Waals surface area contributed by atoms with E-state index in [1.807, 2.05) is 12.1 Å². The minimum atomic E-state index is 0.230. The molecular weight excluding hydrogens is 432 g/mol. The van der Waals surface area contributed by atoms with Crippen molar-refractivity contribution >= 4 is 28.5 Å². The van der Waals surface area contributed by atoms with Crippen LogP contribution >= 0.6 is 11.6 Å². The number of hydrogen-bond donors (Lipinski definition) is 0. The molecule has 1 unspecified atom stereocenters. The van der Waals surface area contributed by atoms with Crippen molar-refractivity contribution in [3.8, 4) is 0 Å². The van der Waals surface area contributed by atoms with E-state index < -0.39 is 0 Å². The first-order chi connectivity index (χ1) is 16.1. The van der Waals surface area contributed by atoms with Gasteiger partial charge in [0.25, 0.3) is 0 Å². The largest absolute Gasteiger partial charge is 0.340 e. The summed E-state index contributed by atoms with van der Waals surface area (Å²) >= 11 is 6.12. The number of likely N-dealkylation sites (N-methyl/N-ethyl adjacent to an activating group) is 1. The number of aromatic nitrogens is 1. The standard InChI is InChI=1S/C27H33ClN4O/c1-29-14-16-30(17-15-29)27(33)31-13-5-4-7-24(31)19-25-18-22-6-2-3-8-26(22)32(25)20-21-9-11-23(28)12-10-21/h2-3,6,8-12,18,24H,4-5,7,13-17,19-20H2,1H3. The molecule has 2 fully saturated rings. The third-order valence-electron chi connectivity index (χ3n) is 7.24. The Morgan fingerprint density at radius 1 is 0.970 bits per heavy atom. The fourth-order valence-corrected chi connectivity index (χ4v) is 5.41. The highest BCUT2D eigenvalue weighted by molar-refractivity contribution is 6.30. The van der Waals surface area contributed by atoms with Crippen LogP contribution in [0.3, 0.4) is 0 Å². The molecular formula is C27H33ClN4O. The first-order valence-electron chi connectivity index (χ1n) is 12.1. The third-order valence-corrected chi connectivity index (χ3v) is 7.49. The van der Waals surface area contributed by atoms with E-state index in [9.17, 15) is 4.79 Å². The van der Waals surface area contributed by atoms with Crippen LogP contribution in [-0.4, -0.2) is 71.1 Å². The highest BCUT2D eigenvalue weighted by Gasteiger charge is 2.32. The summed E-state index contributed by atoms with van der Waals surface area (Å²) in [5.74, 6) is 0. The maximum absolute atomic E-state index is 13.5. The summed E-state index contributed by atoms with van der Waals surface area (Å²) in [4.78, 5) is 20.0. The molecule has 2 saturated heterocycles. The number of carbonyl (C=O) groups excluding carboxylic acids is 1. The van der Waals surface area contributed by atoms with Crippen molar-refractivity contribution < 1.29 is 4.79 Å². The number of nitrogens with zero attached hydrogens (tertiary/aromatic N) is 4. The summed E-state index contributed by atoms with van der Waals surface area (Å²) in [5.41, 5.74) is 3.78. The van der Waals surface area contributed by atoms with Gasteiger partial charge in [0.15, 0.2) is 0 Å². The van der Waals surface area contributed by atoms with Crippen molar-refractivity contribution in [1.82, 2.24) is 19.3 Å². The first kappa shape index (κ1) is 22.3. The van der Waals surface area contributed by atoms with Gasteiger partial charge in [0.2, 0.25) is 0 Å². The number of likely N-dealkylation sites (tertiary alicyclic amines) is 1. The lowest BCUT2D eigenvalue weighted by Crippen LogP contribution is -2.55. The third kappa shape index (κ3) is 4.90. The van der Waals surface area contributed by atoms with Gasteiger partial charge < -0.3 is 19.3 Å². The van der Waals surface area contributed by atoms with Gasteiger partial charge >= 0.3 is 6.03 Å². The fourth-order valence-electron chi connectivity index (χ4n) is 5.28. The normalized spacial score (nSPS) is 19.9. The molecule has 174 valence electrons. The predicted octanol–water partition coefficient (Wildman–Crippen LogP) is 5.11. The average molecular weight is 465 g/mol. The van der Waals surface area contributed by atoms with Crippen LogP contribution in [-0.2, 0) is 13.0 Å². The zero-order chi connectivity index (χ0) is 22.8. The molecule has 5 rings (SSSR count). The van der Waals surface area contributed by atoms with Gasteiger partial charge in [-0.1, -0.05) is 41.9 Å². The van der Waals surface area contributed by atoms with Crippen molar-refractivity contribution in [2.75, 3.05) is 39.8 Å². The van der Waals surface area contributed by atoms with Gasteiger partial charge in [-0.25, -0.2) is 4.79 Å². The maximum atomic E-state index is 13.5. The highest BCUT2D eigenvalue weighted by Crippen LogP contribution is 2.27. The molecule has 1 atom stereocenters. The molecule has 2 aliphatic rings. The quantitative estimate of drug-likeness (QED) is 0.537. The van der Waals surface area contributed by atoms with Crippen molar-refractivity contribution in [2.24, 2.45) is 0 Å². The second kappa shape index (κ2) is 9.78. The lowest BCUT2D eigenvalue weighted by Gasteiger charge is -2.41. The Morgan fingerprint density at radius 2 is 1.73 bits per heavy atom. The van der Waals surface area contributed by atoms with Crippen LogP contribution in [0.4, 0.5) is 4.79 Å². The molecule has 0 radical (unpaired) electrons. The van der Waals surface area contributed by atoms with Crippen LogP contribution in [0.5, 0.6) is 0 Å². The van der Waals surface area contributed by atoms with Crippen molar-refractivity contribution in [3.05, 3.63) is 70.9 Å². The molecule has 2 aromatic carbocycles. The Bertz CT molecular complexity index is 1100. The molecule has 0 bridgehead atoms. The summed E-state index contributed by atoms with van der Waals surface area (Å²) in [6.45, 7) is 5.25. The van der Waals surface area contributed by atoms with Gasteiger partial charge in [0.1, 0.15) is 0 Å². The highest BCUT2D eigenvalue weighted by atomic mass is 35.5. The molecule has 3 aromatic rings. The van der Waals surface area contributed by atoms with Crippen LogP contribution in [0.1, 0.15) is 30.5 Å². The predicted molar refractivity (Wildman–Crippen MR) is 135 cm³/mol. The Kier molecular flexibility index (Phi) is 6.61. The number of piperidine rings is 1. The van der Waals surface area contributed by atoms with Gasteiger partial charge in [-0.3, -0.25) is 0 Å². The Labute approximate surface area is 201 Å². The number of rotatable bonds is 4. The zero-order valence-electron chi connectivity index (χ0n) is 19.4. The van der Waals surface area contributed by atoms with Gasteiger partial charge in [-0.2, -0.15) is 0 Å². The summed E-state index contributed by atoms with van der Waals surface area (Å²) < 4.78 is 2.42. The number of hydrogen-bond acceptors (Lipinski definition) is 2. The Morgan fingerprint density at radius 3 is 2.52 bits per heavy atom. The lowest BCUT2D eigenvalue weighted by molar-refractivity contribution is 0.0946. The van der Waals surface area contributed by atoms with E-state index in [2.05, 4.69) is 68.8 Å². The van der Waals surface area contributed by atoms with Gasteiger partial charge in [-0.15, -0.1) is 0 Å². The maximum Gasteiger partial charge on any atom is 0.320 e. The number of fused-ring (bicyclic) bond motifs is 1. The molecule has 0 N–H and O–H groups in total. The van der Waals surface area contributed by atoms with Crippen LogP contribution in [0.15, 0.2) is 54.6 Å². The number of halogens is 1. The summed E-state index contributed by atoms with van der Waals surface area (Å²) in [7, 11) is 2.13. The smallest absolute Gasteiger partial charge is 0.320 e. The van der Waals surface area contributed by atoms with Gasteiger partial charge in [0, 0.05) is 68.0 Å². The lowest BCUT2D eigenvalue weighted by atomic mass is 9.98. The molecule has 1 aromatic heterocycles. The van der Waals surface area contributed by atoms with E-state index in [4.69, 9.17) is 11.6 Å². The minimum Gasteiger partial charge on any atom is -0.340 e. The van der Waals surface area contributed by atoms with E-state index in [1.165, 1.54) is 28.6 Å². The van der Waals surface area contributed by atoms with Crippen LogP contribution in [0.25, 0.3) is 10.9 Å². The number of para-hydroxylation sites is 1. The van der Waals surface area contributed by atoms with Crippen LogP contribution < -0.4 is 0 Å². The first-order valence-corrected chi connectivity index (χ1v) is 12.5. The second-order valence-corrected chi connectivity index (χ2v) is 9.96. The number of piperazine rings is 1. The van der Waals surface area contributed by atoms with Crippen molar-refractivity contribution in [3.63, 3.8) is 0 Å². The summed E-state index contributed by atoms with van der Waals surface area (Å²) in [6.07, 6.45) is 4.25. The number of carbonyl (C=O) groups is 1. The van der Waals surface area contributed by atoms with Crippen LogP contribution in [0, 0.1) is 0 Å². The van der Waals surface area contributed by atoms with E-state index >= 15 is 0 Å². The van der Waals surface area contributed by atoms with Gasteiger partial charge in [-0.05, 0) is 61.5 Å². The molecule has 0 aliphatic carbocycles. The van der Waals surface area contributed by atoms with Crippen molar-refractivity contribution in [2.45, 2.75) is 38.3 Å².